The molecule has 41 heteroatoms. The number of carbonyl (C=O) groups is 5. The number of thiophene rings is 5. The summed E-state index contributed by atoms with van der Waals surface area (Å²) >= 11 is 32.2. The summed E-state index contributed by atoms with van der Waals surface area (Å²) in [6.45, 7) is 33.6. The van der Waals surface area contributed by atoms with E-state index in [4.69, 9.17) is 58.9 Å². The molecule has 139 heavy (non-hydrogen) atoms. The van der Waals surface area contributed by atoms with Crippen LogP contribution in [-0.4, -0.2) is 152 Å². The number of aryl methyl sites for hydroxylation is 10. The van der Waals surface area contributed by atoms with Crippen molar-refractivity contribution in [3.05, 3.63) is 252 Å². The van der Waals surface area contributed by atoms with Gasteiger partial charge in [-0.25, -0.2) is 34.5 Å². The van der Waals surface area contributed by atoms with Crippen molar-refractivity contribution in [2.45, 2.75) is 115 Å². The number of anilines is 1. The largest absolute Gasteiger partial charge is 0.508 e. The number of rotatable bonds is 31. The Bertz CT molecular complexity index is 6620. The number of esters is 1. The summed E-state index contributed by atoms with van der Waals surface area (Å²) in [4.78, 5) is 99.3. The lowest BCUT2D eigenvalue weighted by molar-refractivity contribution is -0.139. The average Bonchev–Trinajstić information content (AvgIpc) is 1.65. The van der Waals surface area contributed by atoms with Crippen molar-refractivity contribution in [3.63, 3.8) is 0 Å². The van der Waals surface area contributed by atoms with Crippen LogP contribution in [-0.2, 0) is 93.1 Å². The summed E-state index contributed by atoms with van der Waals surface area (Å²) < 4.78 is 89.2. The van der Waals surface area contributed by atoms with E-state index in [-0.39, 0.29) is 30.1 Å². The Balaban J connectivity index is 0.000000210. The predicted molar refractivity (Wildman–Crippen MR) is 579 cm³/mol. The van der Waals surface area contributed by atoms with Gasteiger partial charge in [-0.2, -0.15) is 21.0 Å². The molecule has 0 fully saturated rings. The van der Waals surface area contributed by atoms with Crippen LogP contribution >= 0.6 is 125 Å². The topological polar surface area (TPSA) is 315 Å². The van der Waals surface area contributed by atoms with Crippen LogP contribution in [0.25, 0.3) is 67.9 Å². The van der Waals surface area contributed by atoms with E-state index in [9.17, 15) is 24.0 Å². The van der Waals surface area contributed by atoms with Gasteiger partial charge in [0.05, 0.1) is 88.6 Å². The molecule has 10 aromatic heterocycles. The van der Waals surface area contributed by atoms with Gasteiger partial charge >= 0.3 is 12.1 Å². The molecule has 0 saturated carbocycles. The number of ether oxygens (including phenoxy) is 8. The first-order valence-corrected chi connectivity index (χ1v) is 53.4. The summed E-state index contributed by atoms with van der Waals surface area (Å²) in [6, 6.07) is 49.1. The molecule has 25 nitrogen and oxygen atoms in total. The molecule has 0 bridgehead atoms. The number of hydrogen-bond donors (Lipinski definition) is 0. The first kappa shape index (κ1) is 114. The fraction of sp³-hybridized carbons (Fsp3) is 0.286. The minimum absolute atomic E-state index is 0.0360. The van der Waals surface area contributed by atoms with E-state index in [2.05, 4.69) is 217 Å². The second-order valence-electron chi connectivity index (χ2n) is 29.5. The summed E-state index contributed by atoms with van der Waals surface area (Å²) in [5.41, 5.74) is 11.3. The van der Waals surface area contributed by atoms with Gasteiger partial charge in [0.15, 0.2) is 62.7 Å². The number of para-hydroxylation sites is 1. The van der Waals surface area contributed by atoms with Gasteiger partial charge in [-0.3, -0.25) is 19.3 Å². The lowest BCUT2D eigenvalue weighted by Gasteiger charge is -2.23. The molecule has 16 aromatic rings. The normalized spacial score (nSPS) is 10.8. The van der Waals surface area contributed by atoms with Gasteiger partial charge in [0.25, 0.3) is 37.8 Å². The number of amides is 2. The Morgan fingerprint density at radius 1 is 0.424 bits per heavy atom. The minimum Gasteiger partial charge on any atom is -0.470 e. The number of thioether (sulfide) groups is 1. The predicted octanol–water partition coefficient (Wildman–Crippen LogP) is 24.5. The van der Waals surface area contributed by atoms with Crippen LogP contribution in [0.1, 0.15) is 131 Å². The fourth-order valence-electron chi connectivity index (χ4n) is 13.5. The SMILES string of the molecule is C=C(C)C(=O)OCCOc1nc2c(C)sc(C)c2s1.CCCN(CCOc1nc2c(C)sc(C)c2s1)c1ccccc1.Cc1sc(C)c2sc(OCCCCOC(=O)OCc3cccc4ccccc34)nc12.Cc1sc(C)c2sc(OCCCN3C(=O)c4ccc(C#Cc5ccccc5)cc4C3=O)nc12.Cc1sc(C)c2sc(OCCSC(=O)/C=C/c3ccccc3)nc12.O=S.O=S.O=S.O=S.O=S. The van der Waals surface area contributed by atoms with Crippen LogP contribution in [0.5, 0.6) is 26.0 Å². The minimum atomic E-state index is -0.644. The van der Waals surface area contributed by atoms with Crippen molar-refractivity contribution in [3.8, 4) is 37.8 Å². The molecule has 1 aliphatic heterocycles. The van der Waals surface area contributed by atoms with E-state index in [1.165, 1.54) is 117 Å². The molecule has 0 aliphatic carbocycles. The third kappa shape index (κ3) is 33.3. The zero-order valence-corrected chi connectivity index (χ0v) is 90.7. The van der Waals surface area contributed by atoms with Gasteiger partial charge < -0.3 is 42.8 Å². The van der Waals surface area contributed by atoms with E-state index in [1.807, 2.05) is 121 Å². The Morgan fingerprint density at radius 2 is 0.842 bits per heavy atom. The highest BCUT2D eigenvalue weighted by molar-refractivity contribution is 8.14. The monoisotopic (exact) mass is 2170 g/mol. The summed E-state index contributed by atoms with van der Waals surface area (Å²) in [5, 5.41) is 5.67. The number of fused-ring (bicyclic) bond motifs is 7. The van der Waals surface area contributed by atoms with Gasteiger partial charge in [0.2, 0.25) is 5.12 Å². The maximum Gasteiger partial charge on any atom is 0.508 e. The molecule has 0 unspecified atom stereocenters. The molecule has 11 heterocycles. The Hall–Kier alpha value is -10.6. The first-order chi connectivity index (χ1) is 67.4. The van der Waals surface area contributed by atoms with Crippen LogP contribution in [0.4, 0.5) is 10.5 Å². The van der Waals surface area contributed by atoms with Crippen molar-refractivity contribution in [2.24, 2.45) is 0 Å². The van der Waals surface area contributed by atoms with Gasteiger partial charge in [0.1, 0.15) is 33.0 Å². The Kier molecular flexibility index (Phi) is 48.9. The molecule has 0 saturated heterocycles. The van der Waals surface area contributed by atoms with E-state index < -0.39 is 12.1 Å². The van der Waals surface area contributed by atoms with Crippen molar-refractivity contribution in [1.29, 1.82) is 0 Å². The number of thiazole rings is 5. The first-order valence-electron chi connectivity index (χ1n) is 42.6. The summed E-state index contributed by atoms with van der Waals surface area (Å²) in [7, 11) is 0. The van der Waals surface area contributed by atoms with Crippen molar-refractivity contribution >= 4 is 290 Å². The maximum absolute atomic E-state index is 12.9. The van der Waals surface area contributed by atoms with Crippen LogP contribution in [0, 0.1) is 81.1 Å². The lowest BCUT2D eigenvalue weighted by Crippen LogP contribution is -2.31. The van der Waals surface area contributed by atoms with Crippen LogP contribution in [0.15, 0.2) is 170 Å². The highest BCUT2D eigenvalue weighted by atomic mass is 32.2. The van der Waals surface area contributed by atoms with Crippen molar-refractivity contribution in [1.82, 2.24) is 29.8 Å². The third-order valence-electron chi connectivity index (χ3n) is 19.7. The standard InChI is InChI=1S/C26H20N2O3S2.C23H23NO4S2.C18H22N2OS2.C18H17NO2S3.C13H15NO3S2.5OS/c1-16-22-23(17(2)32-16)33-26(27-22)31-14-6-13-28-24(29)20-12-11-19(15-21(20)25(28)30)10-9-18-7-4-3-5-8-18;1-15-20-21(16(2)29-15)30-22(24-20)26-12-5-6-13-27-23(25)28-14-18-10-7-9-17-8-3-4-11-19(17)18;1-4-10-20(15-8-6-5-7-9-15)11-12-21-18-19-16-13(2)22-14(3)17(16)23-18;1-12-16-17(13(2)23-12)24-18(19-16)21-10-11-22-15(20)9-8-14-6-4-3-5-7-14;1-7(2)12(15)16-5-6-17-13-14-10-8(3)18-9(4)11(10)19-13;5*1-2/h3-5,7-8,11-12,15H,6,13-14H2,1-2H3;3-4,7-11H,5-6,12-14H2,1-2H3;5-9H,4,10-12H2,1-3H3;3-9H,10-11H2,1-2H3;1,5-6H2,2-4H3;;;;;/b;;;9-8+;;;;;;. The molecule has 1 aliphatic rings. The van der Waals surface area contributed by atoms with Crippen molar-refractivity contribution in [2.75, 3.05) is 76.5 Å². The molecule has 0 spiro atoms. The summed E-state index contributed by atoms with van der Waals surface area (Å²) in [5.74, 6) is 5.83. The van der Waals surface area contributed by atoms with Gasteiger partial charge in [-0.1, -0.05) is 209 Å². The molecule has 2 amide bonds. The maximum atomic E-state index is 12.9. The van der Waals surface area contributed by atoms with Crippen LogP contribution in [0.2, 0.25) is 0 Å². The molecule has 6 aromatic carbocycles. The van der Waals surface area contributed by atoms with Gasteiger partial charge in [-0.15, -0.1) is 56.7 Å². The Labute approximate surface area is 876 Å². The van der Waals surface area contributed by atoms with E-state index in [0.717, 1.165) is 86.2 Å². The van der Waals surface area contributed by atoms with E-state index in [0.29, 0.717) is 108 Å². The number of nitrogens with zero attached hydrogens (tertiary/aromatic N) is 7. The molecule has 0 N–H and O–H groups in total. The molecule has 17 rings (SSSR count). The number of benzene rings is 6. The van der Waals surface area contributed by atoms with Crippen molar-refractivity contribution < 1.29 is 82.9 Å². The second-order valence-corrected chi connectivity index (χ2v) is 42.5. The van der Waals surface area contributed by atoms with Crippen LogP contribution < -0.4 is 28.6 Å². The Morgan fingerprint density at radius 3 is 1.32 bits per heavy atom. The highest BCUT2D eigenvalue weighted by Crippen LogP contribution is 2.43. The van der Waals surface area contributed by atoms with Crippen LogP contribution in [0.3, 0.4) is 0 Å². The zero-order chi connectivity index (χ0) is 101. The molecule has 728 valence electrons. The summed E-state index contributed by atoms with van der Waals surface area (Å²) in [6.07, 6.45) is 5.94. The third-order valence-corrected chi connectivity index (χ3v) is 31.7. The molecule has 0 atom stereocenters. The fourth-order valence-corrected chi connectivity index (χ4v) is 24.5. The number of carbonyl (C=O) groups excluding carboxylic acids is 5. The zero-order valence-electron chi connectivity index (χ0n) is 77.6. The smallest absolute Gasteiger partial charge is 0.470 e. The van der Waals surface area contributed by atoms with E-state index >= 15 is 0 Å². The number of imide groups is 1. The van der Waals surface area contributed by atoms with E-state index in [1.54, 1.807) is 111 Å². The number of unbranched alkanes of at least 4 members (excludes halogenated alkanes) is 1. The van der Waals surface area contributed by atoms with Gasteiger partial charge in [0, 0.05) is 90.0 Å². The lowest BCUT2D eigenvalue weighted by atomic mass is 10.1. The van der Waals surface area contributed by atoms with Gasteiger partial charge in [-0.05, 0) is 172 Å². The number of aromatic nitrogens is 5. The number of hydrogen-bond acceptors (Lipinski definition) is 40. The molecular weight excluding hydrogens is 2080 g/mol. The molecular formula is C98H97N7O18S16. The second kappa shape index (κ2) is 59.8. The highest BCUT2D eigenvalue weighted by Gasteiger charge is 2.35. The average molecular weight is 2170 g/mol. The molecule has 0 radical (unpaired) electrons. The quantitative estimate of drug-likeness (QED) is 0.0128.